The van der Waals surface area contributed by atoms with Crippen molar-refractivity contribution in [3.8, 4) is 0 Å². The maximum Gasteiger partial charge on any atom is 0.280 e. The Bertz CT molecular complexity index is 363. The van der Waals surface area contributed by atoms with Gasteiger partial charge in [0, 0.05) is 11.8 Å². The van der Waals surface area contributed by atoms with E-state index in [1.807, 2.05) is 0 Å². The molecule has 0 fully saturated rings. The molecule has 0 spiro atoms. The molecule has 1 N–H and O–H groups in total. The van der Waals surface area contributed by atoms with Crippen molar-refractivity contribution in [3.63, 3.8) is 0 Å². The van der Waals surface area contributed by atoms with Gasteiger partial charge >= 0.3 is 0 Å². The van der Waals surface area contributed by atoms with Crippen molar-refractivity contribution in [2.45, 2.75) is 6.92 Å². The van der Waals surface area contributed by atoms with Crippen LogP contribution < -0.4 is 0 Å². The minimum Gasteiger partial charge on any atom is -0.308 e. The molecule has 0 heterocycles. The molecular formula is C8H8N2O2. The van der Waals surface area contributed by atoms with E-state index < -0.39 is 4.92 Å². The van der Waals surface area contributed by atoms with Crippen LogP contribution in [0.2, 0.25) is 1.41 Å². The minimum atomic E-state index is -0.466. The van der Waals surface area contributed by atoms with Gasteiger partial charge in [-0.1, -0.05) is 12.1 Å². The van der Waals surface area contributed by atoms with Crippen molar-refractivity contribution in [1.82, 2.24) is 0 Å². The first-order valence-corrected chi connectivity index (χ1v) is 3.38. The molecule has 0 saturated heterocycles. The quantitative estimate of drug-likeness (QED) is 0.414. The van der Waals surface area contributed by atoms with Crippen LogP contribution in [0.4, 0.5) is 5.69 Å². The smallest absolute Gasteiger partial charge is 0.280 e. The molecule has 0 bridgehead atoms. The van der Waals surface area contributed by atoms with Gasteiger partial charge in [0.25, 0.3) is 5.69 Å². The number of hydrogen-bond acceptors (Lipinski definition) is 3. The molecular weight excluding hydrogens is 156 g/mol. The molecule has 0 aromatic heterocycles. The van der Waals surface area contributed by atoms with Crippen molar-refractivity contribution < 1.29 is 6.34 Å². The normalized spacial score (nSPS) is 11.6. The molecule has 0 amide bonds. The third-order valence-electron chi connectivity index (χ3n) is 1.59. The van der Waals surface area contributed by atoms with Crippen LogP contribution in [0.3, 0.4) is 0 Å². The zero-order valence-corrected chi connectivity index (χ0v) is 6.52. The fourth-order valence-corrected chi connectivity index (χ4v) is 1.04. The fraction of sp³-hybridized carbons (Fsp3) is 0.125. The molecule has 0 aliphatic heterocycles. The molecule has 1 aromatic carbocycles. The number of nitrogens with zero attached hydrogens (tertiary/aromatic N) is 1. The number of benzene rings is 1. The second-order valence-corrected chi connectivity index (χ2v) is 2.40. The van der Waals surface area contributed by atoms with E-state index in [9.17, 15) is 10.1 Å². The third kappa shape index (κ3) is 1.32. The average Bonchev–Trinajstić information content (AvgIpc) is 2.04. The van der Waals surface area contributed by atoms with Gasteiger partial charge in [-0.15, -0.1) is 0 Å². The zero-order valence-electron chi connectivity index (χ0n) is 7.52. The van der Waals surface area contributed by atoms with Crippen molar-refractivity contribution >= 4 is 11.9 Å². The maximum atomic E-state index is 10.6. The Balaban J connectivity index is 3.34. The number of nitro groups is 1. The summed E-state index contributed by atoms with van der Waals surface area (Å²) in [7, 11) is 0. The molecule has 0 unspecified atom stereocenters. The van der Waals surface area contributed by atoms with Gasteiger partial charge in [-0.25, -0.2) is 0 Å². The Labute approximate surface area is 71.0 Å². The van der Waals surface area contributed by atoms with Crippen LogP contribution >= 0.6 is 0 Å². The summed E-state index contributed by atoms with van der Waals surface area (Å²) in [5, 5.41) is 13.6. The summed E-state index contributed by atoms with van der Waals surface area (Å²) in [5.41, 5.74) is 0.945. The highest BCUT2D eigenvalue weighted by atomic mass is 16.6. The Kier molecular flexibility index (Phi) is 1.82. The van der Waals surface area contributed by atoms with E-state index in [0.717, 1.165) is 6.21 Å². The highest BCUT2D eigenvalue weighted by Crippen LogP contribution is 2.20. The zero-order chi connectivity index (χ0) is 9.84. The van der Waals surface area contributed by atoms with Gasteiger partial charge in [0.05, 0.1) is 10.5 Å². The van der Waals surface area contributed by atoms with Gasteiger partial charge in [-0.3, -0.25) is 10.1 Å². The lowest BCUT2D eigenvalue weighted by molar-refractivity contribution is -0.385. The molecule has 0 aliphatic rings. The van der Waals surface area contributed by atoms with Crippen molar-refractivity contribution in [3.05, 3.63) is 39.4 Å². The van der Waals surface area contributed by atoms with Gasteiger partial charge in [-0.2, -0.15) is 0 Å². The maximum absolute atomic E-state index is 10.6. The highest BCUT2D eigenvalue weighted by molar-refractivity contribution is 5.83. The summed E-state index contributed by atoms with van der Waals surface area (Å²) in [6.07, 6.45) is 1.16. The van der Waals surface area contributed by atoms with Crippen LogP contribution in [0.5, 0.6) is 0 Å². The number of nitro benzene ring substituents is 1. The van der Waals surface area contributed by atoms with E-state index in [4.69, 9.17) is 1.41 Å². The van der Waals surface area contributed by atoms with E-state index in [1.54, 1.807) is 25.1 Å². The van der Waals surface area contributed by atoms with E-state index in [0.29, 0.717) is 11.1 Å². The predicted molar refractivity (Wildman–Crippen MR) is 45.7 cm³/mol. The fourth-order valence-electron chi connectivity index (χ4n) is 1.04. The summed E-state index contributed by atoms with van der Waals surface area (Å²) in [6, 6.07) is 4.90. The van der Waals surface area contributed by atoms with Crippen LogP contribution in [-0.4, -0.2) is 11.1 Å². The number of hydrogen-bond donors (Lipinski definition) is 1. The van der Waals surface area contributed by atoms with E-state index in [-0.39, 0.29) is 5.69 Å². The first kappa shape index (κ1) is 6.97. The van der Waals surface area contributed by atoms with Crippen LogP contribution in [0.25, 0.3) is 0 Å². The highest BCUT2D eigenvalue weighted by Gasteiger charge is 2.13. The lowest BCUT2D eigenvalue weighted by Crippen LogP contribution is -1.96. The second kappa shape index (κ2) is 3.13. The molecule has 0 radical (unpaired) electrons. The third-order valence-corrected chi connectivity index (χ3v) is 1.59. The van der Waals surface area contributed by atoms with E-state index in [1.165, 1.54) is 0 Å². The summed E-state index contributed by atoms with van der Waals surface area (Å²) in [6.45, 7) is 1.65. The Morgan fingerprint density at radius 3 is 3.08 bits per heavy atom. The van der Waals surface area contributed by atoms with Crippen molar-refractivity contribution in [2.24, 2.45) is 0 Å². The lowest BCUT2D eigenvalue weighted by Gasteiger charge is -1.98. The lowest BCUT2D eigenvalue weighted by atomic mass is 10.1. The van der Waals surface area contributed by atoms with E-state index in [2.05, 4.69) is 5.40 Å². The molecule has 0 aliphatic carbocycles. The summed E-state index contributed by atoms with van der Waals surface area (Å²) >= 11 is 0. The van der Waals surface area contributed by atoms with E-state index >= 15 is 0 Å². The van der Waals surface area contributed by atoms with Crippen molar-refractivity contribution in [2.75, 3.05) is 0 Å². The molecule has 4 nitrogen and oxygen atoms in total. The summed E-state index contributed by atoms with van der Waals surface area (Å²) in [5.74, 6) is 0. The molecule has 1 aromatic rings. The Morgan fingerprint density at radius 1 is 1.75 bits per heavy atom. The summed E-state index contributed by atoms with van der Waals surface area (Å²) in [4.78, 5) is 10.1. The van der Waals surface area contributed by atoms with Gasteiger partial charge < -0.3 is 5.40 Å². The topological polar surface area (TPSA) is 67.0 Å². The number of rotatable bonds is 2. The largest absolute Gasteiger partial charge is 0.308 e. The predicted octanol–water partition coefficient (Wildman–Crippen LogP) is 1.90. The van der Waals surface area contributed by atoms with Crippen LogP contribution in [0.1, 0.15) is 11.1 Å². The molecule has 4 heteroatoms. The first-order valence-electron chi connectivity index (χ1n) is 3.83. The van der Waals surface area contributed by atoms with Crippen LogP contribution in [0, 0.1) is 22.4 Å². The monoisotopic (exact) mass is 166 g/mol. The SMILES string of the molecule is [3H]/N=C/c1cccc(C)c1[N+](=O)[O-]. The number of para-hydroxylation sites is 1. The second-order valence-electron chi connectivity index (χ2n) is 2.40. The van der Waals surface area contributed by atoms with Crippen LogP contribution in [0.15, 0.2) is 18.2 Å². The average molecular weight is 166 g/mol. The molecule has 1 rings (SSSR count). The first-order chi connectivity index (χ1) is 6.16. The molecule has 62 valence electrons. The van der Waals surface area contributed by atoms with Gasteiger partial charge in [0.2, 0.25) is 0 Å². The van der Waals surface area contributed by atoms with Gasteiger partial charge in [-0.05, 0) is 13.0 Å². The van der Waals surface area contributed by atoms with Crippen LogP contribution in [-0.2, 0) is 0 Å². The number of nitrogens with one attached hydrogen (secondary N) is 1. The Morgan fingerprint density at radius 2 is 2.50 bits per heavy atom. The number of aryl methyl sites for hydroxylation is 1. The molecule has 12 heavy (non-hydrogen) atoms. The summed E-state index contributed by atoms with van der Waals surface area (Å²) < 4.78 is 6.60. The minimum absolute atomic E-state index is 0.0125. The van der Waals surface area contributed by atoms with Crippen molar-refractivity contribution in [1.29, 1.82) is 5.40 Å². The van der Waals surface area contributed by atoms with Gasteiger partial charge in [0.15, 0.2) is 1.41 Å². The van der Waals surface area contributed by atoms with Gasteiger partial charge in [0.1, 0.15) is 0 Å². The molecule has 0 atom stereocenters. The Hall–Kier alpha value is -1.71. The standard InChI is InChI=1S/C8H8N2O2/c1-6-3-2-4-7(5-9)8(6)10(11)12/h2-5,9H,1H3/b9-5+/i/hT. The molecule has 0 saturated carbocycles.